The zero-order chi connectivity index (χ0) is 14.7. The van der Waals surface area contributed by atoms with Crippen LogP contribution in [0.3, 0.4) is 0 Å². The van der Waals surface area contributed by atoms with Gasteiger partial charge < -0.3 is 5.11 Å². The van der Waals surface area contributed by atoms with Crippen molar-refractivity contribution in [2.45, 2.75) is 19.6 Å². The van der Waals surface area contributed by atoms with Crippen molar-refractivity contribution in [3.8, 4) is 0 Å². The monoisotopic (exact) mass is 275 g/mol. The Morgan fingerprint density at radius 2 is 2.15 bits per heavy atom. The van der Waals surface area contributed by atoms with Crippen molar-refractivity contribution in [2.24, 2.45) is 0 Å². The first kappa shape index (κ1) is 13.9. The van der Waals surface area contributed by atoms with E-state index in [1.807, 2.05) is 0 Å². The fourth-order valence-electron chi connectivity index (χ4n) is 1.80. The SMILES string of the molecule is Cc1ccc(=O)n(C[C@@H](O)c2cccc([N+](=O)[O-])c2)n1. The maximum Gasteiger partial charge on any atom is 0.269 e. The van der Waals surface area contributed by atoms with E-state index in [1.54, 1.807) is 19.1 Å². The van der Waals surface area contributed by atoms with Crippen LogP contribution in [0, 0.1) is 17.0 Å². The van der Waals surface area contributed by atoms with E-state index < -0.39 is 11.0 Å². The summed E-state index contributed by atoms with van der Waals surface area (Å²) in [5.74, 6) is 0. The first-order valence-electron chi connectivity index (χ1n) is 5.94. The molecule has 1 atom stereocenters. The van der Waals surface area contributed by atoms with Crippen LogP contribution >= 0.6 is 0 Å². The van der Waals surface area contributed by atoms with Gasteiger partial charge in [0, 0.05) is 18.2 Å². The molecule has 0 aliphatic heterocycles. The van der Waals surface area contributed by atoms with E-state index in [0.29, 0.717) is 11.3 Å². The minimum absolute atomic E-state index is 0.0539. The molecular weight excluding hydrogens is 262 g/mol. The molecule has 0 spiro atoms. The zero-order valence-corrected chi connectivity index (χ0v) is 10.8. The summed E-state index contributed by atoms with van der Waals surface area (Å²) in [4.78, 5) is 21.7. The van der Waals surface area contributed by atoms with E-state index in [1.165, 1.54) is 24.3 Å². The minimum Gasteiger partial charge on any atom is -0.386 e. The first-order chi connectivity index (χ1) is 9.47. The average Bonchev–Trinajstić information content (AvgIpc) is 2.43. The highest BCUT2D eigenvalue weighted by atomic mass is 16.6. The topological polar surface area (TPSA) is 98.3 Å². The third-order valence-corrected chi connectivity index (χ3v) is 2.81. The van der Waals surface area contributed by atoms with Crippen molar-refractivity contribution < 1.29 is 10.0 Å². The minimum atomic E-state index is -1.04. The molecular formula is C13H13N3O4. The molecule has 1 N–H and O–H groups in total. The molecule has 0 saturated heterocycles. The lowest BCUT2D eigenvalue weighted by atomic mass is 10.1. The largest absolute Gasteiger partial charge is 0.386 e. The molecule has 2 rings (SSSR count). The third-order valence-electron chi connectivity index (χ3n) is 2.81. The van der Waals surface area contributed by atoms with Gasteiger partial charge in [-0.2, -0.15) is 5.10 Å². The molecule has 2 aromatic rings. The maximum atomic E-state index is 11.6. The van der Waals surface area contributed by atoms with Crippen LogP contribution in [0.2, 0.25) is 0 Å². The molecule has 0 amide bonds. The van der Waals surface area contributed by atoms with Gasteiger partial charge in [-0.1, -0.05) is 12.1 Å². The second-order valence-electron chi connectivity index (χ2n) is 4.36. The number of rotatable bonds is 4. The zero-order valence-electron chi connectivity index (χ0n) is 10.8. The number of nitro groups is 1. The van der Waals surface area contributed by atoms with Crippen LogP contribution < -0.4 is 5.56 Å². The lowest BCUT2D eigenvalue weighted by Crippen LogP contribution is -2.25. The smallest absolute Gasteiger partial charge is 0.269 e. The standard InChI is InChI=1S/C13H13N3O4/c1-9-5-6-13(18)15(14-9)8-12(17)10-3-2-4-11(7-10)16(19)20/h2-7,12,17H,8H2,1H3/t12-/m1/s1. The van der Waals surface area contributed by atoms with E-state index in [4.69, 9.17) is 0 Å². The summed E-state index contributed by atoms with van der Waals surface area (Å²) in [5.41, 5.74) is 0.580. The van der Waals surface area contributed by atoms with E-state index in [0.717, 1.165) is 4.68 Å². The van der Waals surface area contributed by atoms with Crippen molar-refractivity contribution in [1.29, 1.82) is 0 Å². The van der Waals surface area contributed by atoms with Crippen LogP contribution in [-0.2, 0) is 6.54 Å². The molecule has 0 saturated carbocycles. The fraction of sp³-hybridized carbons (Fsp3) is 0.231. The highest BCUT2D eigenvalue weighted by molar-refractivity contribution is 5.35. The van der Waals surface area contributed by atoms with E-state index in [2.05, 4.69) is 5.10 Å². The van der Waals surface area contributed by atoms with Gasteiger partial charge in [0.25, 0.3) is 11.2 Å². The van der Waals surface area contributed by atoms with Gasteiger partial charge in [-0.25, -0.2) is 4.68 Å². The Bertz CT molecular complexity index is 696. The molecule has 0 bridgehead atoms. The van der Waals surface area contributed by atoms with Gasteiger partial charge in [-0.05, 0) is 18.6 Å². The van der Waals surface area contributed by atoms with Crippen molar-refractivity contribution >= 4 is 5.69 Å². The molecule has 104 valence electrons. The van der Waals surface area contributed by atoms with Gasteiger partial charge >= 0.3 is 0 Å². The summed E-state index contributed by atoms with van der Waals surface area (Å²) in [7, 11) is 0. The van der Waals surface area contributed by atoms with Crippen LogP contribution in [-0.4, -0.2) is 19.8 Å². The van der Waals surface area contributed by atoms with E-state index in [-0.39, 0.29) is 17.8 Å². The van der Waals surface area contributed by atoms with E-state index in [9.17, 15) is 20.0 Å². The lowest BCUT2D eigenvalue weighted by molar-refractivity contribution is -0.385. The Morgan fingerprint density at radius 3 is 2.85 bits per heavy atom. The summed E-state index contributed by atoms with van der Waals surface area (Å²) >= 11 is 0. The van der Waals surface area contributed by atoms with Gasteiger partial charge in [-0.15, -0.1) is 0 Å². The maximum absolute atomic E-state index is 11.6. The Kier molecular flexibility index (Phi) is 3.90. The van der Waals surface area contributed by atoms with Crippen LogP contribution in [0.15, 0.2) is 41.2 Å². The Hall–Kier alpha value is -2.54. The molecule has 7 nitrogen and oxygen atoms in total. The number of nitro benzene ring substituents is 1. The molecule has 0 radical (unpaired) electrons. The highest BCUT2D eigenvalue weighted by Gasteiger charge is 2.14. The van der Waals surface area contributed by atoms with Gasteiger partial charge in [0.15, 0.2) is 0 Å². The van der Waals surface area contributed by atoms with Crippen molar-refractivity contribution in [3.63, 3.8) is 0 Å². The fourth-order valence-corrected chi connectivity index (χ4v) is 1.80. The first-order valence-corrected chi connectivity index (χ1v) is 5.94. The average molecular weight is 275 g/mol. The number of benzene rings is 1. The van der Waals surface area contributed by atoms with Crippen molar-refractivity contribution in [2.75, 3.05) is 0 Å². The van der Waals surface area contributed by atoms with Crippen LogP contribution in [0.25, 0.3) is 0 Å². The molecule has 7 heteroatoms. The lowest BCUT2D eigenvalue weighted by Gasteiger charge is -2.12. The molecule has 1 aromatic heterocycles. The number of aromatic nitrogens is 2. The molecule has 1 aromatic carbocycles. The number of non-ortho nitro benzene ring substituents is 1. The third kappa shape index (κ3) is 3.07. The summed E-state index contributed by atoms with van der Waals surface area (Å²) in [5, 5.41) is 24.8. The molecule has 0 aliphatic rings. The number of hydrogen-bond acceptors (Lipinski definition) is 5. The quantitative estimate of drug-likeness (QED) is 0.667. The molecule has 0 unspecified atom stereocenters. The second kappa shape index (κ2) is 5.62. The Labute approximate surface area is 114 Å². The molecule has 0 aliphatic carbocycles. The van der Waals surface area contributed by atoms with Crippen LogP contribution in [0.5, 0.6) is 0 Å². The predicted molar refractivity (Wildman–Crippen MR) is 71.3 cm³/mol. The van der Waals surface area contributed by atoms with Crippen molar-refractivity contribution in [1.82, 2.24) is 9.78 Å². The summed E-state index contributed by atoms with van der Waals surface area (Å²) in [6, 6.07) is 8.63. The normalized spacial score (nSPS) is 12.1. The highest BCUT2D eigenvalue weighted by Crippen LogP contribution is 2.19. The van der Waals surface area contributed by atoms with E-state index >= 15 is 0 Å². The predicted octanol–water partition coefficient (Wildman–Crippen LogP) is 1.19. The summed E-state index contributed by atoms with van der Waals surface area (Å²) in [6.07, 6.45) is -1.04. The summed E-state index contributed by atoms with van der Waals surface area (Å²) < 4.78 is 1.14. The summed E-state index contributed by atoms with van der Waals surface area (Å²) in [6.45, 7) is 1.68. The molecule has 0 fully saturated rings. The number of aliphatic hydroxyl groups is 1. The second-order valence-corrected chi connectivity index (χ2v) is 4.36. The molecule has 20 heavy (non-hydrogen) atoms. The Balaban J connectivity index is 2.26. The van der Waals surface area contributed by atoms with Gasteiger partial charge in [0.1, 0.15) is 0 Å². The number of aryl methyl sites for hydroxylation is 1. The number of nitrogens with zero attached hydrogens (tertiary/aromatic N) is 3. The van der Waals surface area contributed by atoms with Crippen LogP contribution in [0.1, 0.15) is 17.4 Å². The number of aliphatic hydroxyl groups excluding tert-OH is 1. The molecule has 1 heterocycles. The van der Waals surface area contributed by atoms with Crippen molar-refractivity contribution in [3.05, 3.63) is 68.1 Å². The number of hydrogen-bond donors (Lipinski definition) is 1. The van der Waals surface area contributed by atoms with Crippen LogP contribution in [0.4, 0.5) is 5.69 Å². The van der Waals surface area contributed by atoms with Gasteiger partial charge in [0.05, 0.1) is 23.3 Å². The van der Waals surface area contributed by atoms with Gasteiger partial charge in [0.2, 0.25) is 0 Å². The van der Waals surface area contributed by atoms with Gasteiger partial charge in [-0.3, -0.25) is 14.9 Å². The Morgan fingerprint density at radius 1 is 1.40 bits per heavy atom.